The van der Waals surface area contributed by atoms with Crippen LogP contribution in [0.15, 0.2) is 139 Å². The summed E-state index contributed by atoms with van der Waals surface area (Å²) in [5, 5.41) is 50.7. The maximum Gasteiger partial charge on any atom is 0.273 e. The minimum absolute atomic E-state index is 0.0181. The lowest BCUT2D eigenvalue weighted by molar-refractivity contribution is -0.385. The Hall–Kier alpha value is -6.94. The molecular formula is C63H76N4O11. The van der Waals surface area contributed by atoms with Gasteiger partial charge in [-0.15, -0.1) is 6.58 Å². The highest BCUT2D eigenvalue weighted by atomic mass is 16.7. The number of nitrogens with zero attached hydrogens (tertiary/aromatic N) is 4. The predicted octanol–water partition coefficient (Wildman–Crippen LogP) is 14.2. The van der Waals surface area contributed by atoms with Crippen molar-refractivity contribution in [1.29, 1.82) is 0 Å². The normalized spacial score (nSPS) is 20.7. The van der Waals surface area contributed by atoms with Gasteiger partial charge in [0.1, 0.15) is 29.9 Å². The van der Waals surface area contributed by atoms with Crippen molar-refractivity contribution in [2.24, 2.45) is 22.9 Å². The molecule has 2 N–H and O–H groups in total. The van der Waals surface area contributed by atoms with E-state index in [1.165, 1.54) is 56.4 Å². The van der Waals surface area contributed by atoms with Crippen molar-refractivity contribution in [3.8, 4) is 17.2 Å². The molecule has 0 saturated heterocycles. The first-order valence-electron chi connectivity index (χ1n) is 28.2. The summed E-state index contributed by atoms with van der Waals surface area (Å²) in [5.74, 6) is -1.37. The first-order chi connectivity index (χ1) is 38.1. The smallest absolute Gasteiger partial charge is 0.273 e. The van der Waals surface area contributed by atoms with Crippen LogP contribution in [-0.2, 0) is 27.5 Å². The van der Waals surface area contributed by atoms with Crippen molar-refractivity contribution >= 4 is 33.8 Å². The second-order valence-corrected chi connectivity index (χ2v) is 21.1. The minimum Gasteiger partial charge on any atom is -0.459 e. The van der Waals surface area contributed by atoms with Gasteiger partial charge < -0.3 is 34.2 Å². The third-order valence-electron chi connectivity index (χ3n) is 15.9. The van der Waals surface area contributed by atoms with Crippen LogP contribution >= 0.6 is 0 Å². The molecule has 1 saturated carbocycles. The van der Waals surface area contributed by atoms with Gasteiger partial charge in [0.15, 0.2) is 0 Å². The number of ether oxygens (including phenoxy) is 3. The van der Waals surface area contributed by atoms with Crippen LogP contribution in [-0.4, -0.2) is 68.2 Å². The van der Waals surface area contributed by atoms with E-state index in [9.17, 15) is 30.4 Å². The van der Waals surface area contributed by atoms with Crippen molar-refractivity contribution in [1.82, 2.24) is 4.90 Å². The Morgan fingerprint density at radius 3 is 2.22 bits per heavy atom. The molecule has 2 aliphatic carbocycles. The number of aliphatic hydroxyl groups is 2. The quantitative estimate of drug-likeness (QED) is 0.0185. The van der Waals surface area contributed by atoms with Crippen molar-refractivity contribution in [3.63, 3.8) is 0 Å². The Bertz CT molecular complexity index is 2880. The highest BCUT2D eigenvalue weighted by molar-refractivity contribution is 6.03. The molecule has 0 aromatic heterocycles. The van der Waals surface area contributed by atoms with Crippen molar-refractivity contribution < 1.29 is 43.9 Å². The number of allylic oxidation sites excluding steroid dienone is 1. The Morgan fingerprint density at radius 2 is 1.49 bits per heavy atom. The van der Waals surface area contributed by atoms with Gasteiger partial charge in [-0.1, -0.05) is 137 Å². The molecule has 78 heavy (non-hydrogen) atoms. The molecule has 5 aromatic rings. The third-order valence-corrected chi connectivity index (χ3v) is 15.9. The van der Waals surface area contributed by atoms with Crippen molar-refractivity contribution in [3.05, 3.63) is 170 Å². The number of carbonyl (C=O) groups excluding carboxylic acids is 1. The molecule has 15 heteroatoms. The first kappa shape index (κ1) is 57.2. The number of unbranched alkanes of at least 4 members (excludes halogenated alkanes) is 10. The number of hydrogen-bond donors (Lipinski definition) is 2. The summed E-state index contributed by atoms with van der Waals surface area (Å²) in [4.78, 5) is 46.4. The van der Waals surface area contributed by atoms with E-state index < -0.39 is 27.6 Å². The summed E-state index contributed by atoms with van der Waals surface area (Å²) in [6, 6.07) is 31.4. The van der Waals surface area contributed by atoms with Gasteiger partial charge in [0, 0.05) is 62.3 Å². The van der Waals surface area contributed by atoms with Crippen LogP contribution in [0.4, 0.5) is 11.4 Å². The van der Waals surface area contributed by atoms with Gasteiger partial charge >= 0.3 is 0 Å². The van der Waals surface area contributed by atoms with Crippen LogP contribution in [0.5, 0.6) is 17.2 Å². The molecule has 414 valence electrons. The molecule has 0 bridgehead atoms. The maximum atomic E-state index is 15.6. The number of nitro groups is 2. The number of aliphatic hydroxyl groups excluding tert-OH is 2. The molecule has 1 heterocycles. The van der Waals surface area contributed by atoms with Gasteiger partial charge in [0.2, 0.25) is 11.7 Å². The second kappa shape index (κ2) is 28.1. The maximum absolute atomic E-state index is 15.6. The van der Waals surface area contributed by atoms with E-state index in [0.717, 1.165) is 66.0 Å². The van der Waals surface area contributed by atoms with E-state index in [1.807, 2.05) is 35.2 Å². The zero-order chi connectivity index (χ0) is 54.9. The number of benzene rings is 5. The predicted molar refractivity (Wildman–Crippen MR) is 302 cm³/mol. The van der Waals surface area contributed by atoms with Gasteiger partial charge in [-0.25, -0.2) is 0 Å². The summed E-state index contributed by atoms with van der Waals surface area (Å²) >= 11 is 0. The van der Waals surface area contributed by atoms with E-state index in [1.54, 1.807) is 36.4 Å². The molecule has 1 amide bonds. The molecule has 1 fully saturated rings. The second-order valence-electron chi connectivity index (χ2n) is 21.1. The van der Waals surface area contributed by atoms with Crippen molar-refractivity contribution in [2.45, 2.75) is 147 Å². The fourth-order valence-electron chi connectivity index (χ4n) is 12.1. The van der Waals surface area contributed by atoms with Crippen LogP contribution < -0.4 is 9.47 Å². The van der Waals surface area contributed by atoms with Gasteiger partial charge in [0.05, 0.1) is 34.1 Å². The number of rotatable bonds is 31. The monoisotopic (exact) mass is 1060 g/mol. The van der Waals surface area contributed by atoms with Gasteiger partial charge in [-0.2, -0.15) is 0 Å². The number of nitro benzene ring substituents is 2. The van der Waals surface area contributed by atoms with Gasteiger partial charge in [-0.3, -0.25) is 25.0 Å². The Kier molecular flexibility index (Phi) is 20.6. The van der Waals surface area contributed by atoms with Crippen LogP contribution in [0.1, 0.15) is 139 Å². The number of oxime groups is 1. The fraction of sp³-hybridized carbons (Fsp3) is 0.460. The minimum atomic E-state index is -1.53. The zero-order valence-corrected chi connectivity index (χ0v) is 45.1. The summed E-state index contributed by atoms with van der Waals surface area (Å²) in [6.45, 7) is 6.76. The summed E-state index contributed by atoms with van der Waals surface area (Å²) in [6.07, 6.45) is 18.5. The van der Waals surface area contributed by atoms with Gasteiger partial charge in [-0.05, 0) is 108 Å². The lowest BCUT2D eigenvalue weighted by Gasteiger charge is -2.60. The molecule has 3 aliphatic rings. The molecule has 8 rings (SSSR count). The van der Waals surface area contributed by atoms with E-state index in [0.29, 0.717) is 60.6 Å². The topological polar surface area (TPSA) is 196 Å². The highest BCUT2D eigenvalue weighted by Gasteiger charge is 2.65. The third kappa shape index (κ3) is 13.8. The Balaban J connectivity index is 1.30. The van der Waals surface area contributed by atoms with Crippen LogP contribution in [0.2, 0.25) is 0 Å². The van der Waals surface area contributed by atoms with E-state index >= 15 is 4.79 Å². The summed E-state index contributed by atoms with van der Waals surface area (Å²) in [7, 11) is 0. The lowest BCUT2D eigenvalue weighted by Crippen LogP contribution is -2.70. The molecular weight excluding hydrogens is 989 g/mol. The summed E-state index contributed by atoms with van der Waals surface area (Å²) in [5.41, 5.74) is 3.81. The molecule has 6 atom stereocenters. The Morgan fingerprint density at radius 1 is 0.795 bits per heavy atom. The standard InChI is InChI=1S/C63H76N4O11/c1-3-5-6-7-8-9-10-11-12-29-60(70)65(43-48-24-19-23-46-21-13-14-27-53(46)48)59-42-57(64-76-44-45-30-32-49(33-31-45)66(71)72)55-39-47(22-15-17-36-68)54(28-16-18-37-69)61-56-41-52(77-51-26-20-25-50(40-51)67(73)74)34-35-58(56)78-63(59,62(55)61)75-38-4-2/h4,13-14,19-21,23-27,30-35,39-41,47,54,59,61-62,68-69H,2-3,5-12,15-18,22,28-29,36-38,42-44H2,1H3. The SMILES string of the molecule is C=CCOC12Oc3ccc(Oc4cccc([N+](=O)[O-])c4)cc3C3C(CCCCO)C(CCCCO)C=C(C(=NOCc4ccc([N+](=O)[O-])cc4)CC1N(Cc1cccc4ccccc14)C(=O)CCCCCCCCCCC)C32. The number of hydrogen-bond acceptors (Lipinski definition) is 12. The fourth-order valence-corrected chi connectivity index (χ4v) is 12.1. The highest BCUT2D eigenvalue weighted by Crippen LogP contribution is 2.62. The zero-order valence-electron chi connectivity index (χ0n) is 45.1. The molecule has 0 spiro atoms. The molecule has 0 radical (unpaired) electrons. The van der Waals surface area contributed by atoms with E-state index in [-0.39, 0.29) is 74.4 Å². The average molecular weight is 1070 g/mol. The number of carbonyl (C=O) groups is 1. The average Bonchev–Trinajstić information content (AvgIpc) is 2.08. The molecule has 5 aromatic carbocycles. The molecule has 6 unspecified atom stereocenters. The number of non-ortho nitro benzene ring substituents is 2. The van der Waals surface area contributed by atoms with Gasteiger partial charge in [0.25, 0.3) is 11.4 Å². The largest absolute Gasteiger partial charge is 0.459 e. The van der Waals surface area contributed by atoms with Crippen molar-refractivity contribution in [2.75, 3.05) is 19.8 Å². The first-order valence-corrected chi connectivity index (χ1v) is 28.2. The molecule has 15 nitrogen and oxygen atoms in total. The van der Waals surface area contributed by atoms with E-state index in [4.69, 9.17) is 24.2 Å². The van der Waals surface area contributed by atoms with E-state index in [2.05, 4.69) is 43.8 Å². The van der Waals surface area contributed by atoms with Crippen LogP contribution in [0, 0.1) is 38.0 Å². The van der Waals surface area contributed by atoms with Crippen LogP contribution in [0.3, 0.4) is 0 Å². The Labute approximate surface area is 458 Å². The molecule has 1 aliphatic heterocycles. The number of amides is 1. The van der Waals surface area contributed by atoms with Crippen LogP contribution in [0.25, 0.3) is 10.8 Å². The number of fused-ring (bicyclic) bond motifs is 3. The summed E-state index contributed by atoms with van der Waals surface area (Å²) < 4.78 is 21.3. The lowest BCUT2D eigenvalue weighted by atomic mass is 9.55.